The first-order valence-electron chi connectivity index (χ1n) is 5.12. The van der Waals surface area contributed by atoms with Gasteiger partial charge in [0.05, 0.1) is 0 Å². The van der Waals surface area contributed by atoms with Crippen molar-refractivity contribution in [2.24, 2.45) is 0 Å². The Balaban J connectivity index is 2.51. The molecular formula is C11H17N3S. The van der Waals surface area contributed by atoms with Crippen LogP contribution in [-0.2, 0) is 0 Å². The zero-order chi connectivity index (χ0) is 11.3. The van der Waals surface area contributed by atoms with Gasteiger partial charge < -0.3 is 10.6 Å². The lowest BCUT2D eigenvalue weighted by Gasteiger charge is -2.14. The van der Waals surface area contributed by atoms with Crippen LogP contribution in [0.1, 0.15) is 25.8 Å². The molecule has 0 radical (unpaired) electrons. The fourth-order valence-electron chi connectivity index (χ4n) is 1.08. The zero-order valence-electron chi connectivity index (χ0n) is 9.37. The van der Waals surface area contributed by atoms with Gasteiger partial charge >= 0.3 is 0 Å². The molecule has 1 rings (SSSR count). The van der Waals surface area contributed by atoms with Crippen molar-refractivity contribution in [3.05, 3.63) is 23.9 Å². The van der Waals surface area contributed by atoms with Crippen LogP contribution in [0.2, 0.25) is 0 Å². The van der Waals surface area contributed by atoms with Gasteiger partial charge in [0.2, 0.25) is 0 Å². The van der Waals surface area contributed by atoms with E-state index in [-0.39, 0.29) is 0 Å². The van der Waals surface area contributed by atoms with Gasteiger partial charge in [0.1, 0.15) is 5.82 Å². The van der Waals surface area contributed by atoms with Gasteiger partial charge in [-0.05, 0) is 50.2 Å². The zero-order valence-corrected chi connectivity index (χ0v) is 10.2. The largest absolute Gasteiger partial charge is 0.360 e. The molecule has 0 fully saturated rings. The first-order chi connectivity index (χ1) is 7.11. The van der Waals surface area contributed by atoms with Crippen LogP contribution in [0.3, 0.4) is 0 Å². The van der Waals surface area contributed by atoms with E-state index in [2.05, 4.69) is 29.5 Å². The first kappa shape index (κ1) is 11.9. The number of anilines is 1. The third kappa shape index (κ3) is 4.25. The second-order valence-electron chi connectivity index (χ2n) is 3.63. The average Bonchev–Trinajstić information content (AvgIpc) is 2.17. The minimum Gasteiger partial charge on any atom is -0.360 e. The van der Waals surface area contributed by atoms with Crippen LogP contribution in [-0.4, -0.2) is 16.1 Å². The molecule has 82 valence electrons. The van der Waals surface area contributed by atoms with Crippen molar-refractivity contribution < 1.29 is 0 Å². The predicted octanol–water partition coefficient (Wildman–Crippen LogP) is 2.47. The van der Waals surface area contributed by atoms with Crippen molar-refractivity contribution in [1.29, 1.82) is 0 Å². The molecule has 0 aliphatic rings. The molecule has 0 spiro atoms. The van der Waals surface area contributed by atoms with E-state index in [1.165, 1.54) is 5.56 Å². The van der Waals surface area contributed by atoms with E-state index in [1.54, 1.807) is 6.20 Å². The van der Waals surface area contributed by atoms with Gasteiger partial charge in [0.15, 0.2) is 5.11 Å². The number of aryl methyl sites for hydroxylation is 1. The lowest BCUT2D eigenvalue weighted by molar-refractivity contribution is 0.646. The summed E-state index contributed by atoms with van der Waals surface area (Å²) in [7, 11) is 0. The summed E-state index contributed by atoms with van der Waals surface area (Å²) in [6.45, 7) is 6.24. The summed E-state index contributed by atoms with van der Waals surface area (Å²) >= 11 is 5.16. The second-order valence-corrected chi connectivity index (χ2v) is 4.03. The number of nitrogens with zero attached hydrogens (tertiary/aromatic N) is 1. The minimum absolute atomic E-state index is 0.384. The molecule has 0 unspecified atom stereocenters. The van der Waals surface area contributed by atoms with Crippen LogP contribution in [0, 0.1) is 6.92 Å². The monoisotopic (exact) mass is 223 g/mol. The molecule has 1 atom stereocenters. The number of aromatic nitrogens is 1. The summed E-state index contributed by atoms with van der Waals surface area (Å²) in [5, 5.41) is 6.86. The van der Waals surface area contributed by atoms with E-state index < -0.39 is 0 Å². The van der Waals surface area contributed by atoms with Gasteiger partial charge in [-0.2, -0.15) is 0 Å². The van der Waals surface area contributed by atoms with Crippen molar-refractivity contribution in [3.8, 4) is 0 Å². The molecule has 1 aromatic heterocycles. The van der Waals surface area contributed by atoms with E-state index in [0.29, 0.717) is 11.2 Å². The lowest BCUT2D eigenvalue weighted by Crippen LogP contribution is -2.35. The van der Waals surface area contributed by atoms with E-state index in [4.69, 9.17) is 12.2 Å². The molecule has 4 heteroatoms. The fraction of sp³-hybridized carbons (Fsp3) is 0.455. The average molecular weight is 223 g/mol. The molecular weight excluding hydrogens is 206 g/mol. The Hall–Kier alpha value is -1.16. The number of pyridine rings is 1. The van der Waals surface area contributed by atoms with Crippen molar-refractivity contribution >= 4 is 23.1 Å². The maximum absolute atomic E-state index is 5.16. The normalized spacial score (nSPS) is 11.9. The topological polar surface area (TPSA) is 37.0 Å². The number of hydrogen-bond acceptors (Lipinski definition) is 2. The molecule has 0 amide bonds. The van der Waals surface area contributed by atoms with Crippen molar-refractivity contribution in [3.63, 3.8) is 0 Å². The highest BCUT2D eigenvalue weighted by molar-refractivity contribution is 7.80. The summed E-state index contributed by atoms with van der Waals surface area (Å²) in [5.41, 5.74) is 1.17. The molecule has 0 saturated heterocycles. The van der Waals surface area contributed by atoms with Gasteiger partial charge in [0, 0.05) is 12.2 Å². The maximum Gasteiger partial charge on any atom is 0.172 e. The molecule has 0 aliphatic heterocycles. The molecule has 15 heavy (non-hydrogen) atoms. The molecule has 3 nitrogen and oxygen atoms in total. The van der Waals surface area contributed by atoms with Crippen LogP contribution < -0.4 is 10.6 Å². The molecule has 0 aromatic carbocycles. The summed E-state index contributed by atoms with van der Waals surface area (Å²) in [6, 6.07) is 4.30. The van der Waals surface area contributed by atoms with E-state index in [0.717, 1.165) is 12.2 Å². The molecule has 2 N–H and O–H groups in total. The summed E-state index contributed by atoms with van der Waals surface area (Å²) in [6.07, 6.45) is 2.81. The Morgan fingerprint density at radius 3 is 2.93 bits per heavy atom. The molecule has 1 aromatic rings. The van der Waals surface area contributed by atoms with E-state index in [1.807, 2.05) is 19.1 Å². The Morgan fingerprint density at radius 1 is 1.60 bits per heavy atom. The molecule has 0 saturated carbocycles. The number of thiocarbonyl (C=S) groups is 1. The standard InChI is InChI=1S/C11H17N3S/c1-4-9(3)13-11(15)14-10-7-8(2)5-6-12-10/h5-7,9H,4H2,1-3H3,(H2,12,13,14,15)/t9-/m1/s1. The highest BCUT2D eigenvalue weighted by Gasteiger charge is 2.02. The van der Waals surface area contributed by atoms with Gasteiger partial charge in [-0.3, -0.25) is 0 Å². The summed E-state index contributed by atoms with van der Waals surface area (Å²) < 4.78 is 0. The summed E-state index contributed by atoms with van der Waals surface area (Å²) in [5.74, 6) is 0.788. The van der Waals surface area contributed by atoms with Gasteiger partial charge in [0.25, 0.3) is 0 Å². The minimum atomic E-state index is 0.384. The third-order valence-electron chi connectivity index (χ3n) is 2.15. The third-order valence-corrected chi connectivity index (χ3v) is 2.37. The molecule has 1 heterocycles. The second kappa shape index (κ2) is 5.66. The maximum atomic E-state index is 5.16. The Morgan fingerprint density at radius 2 is 2.33 bits per heavy atom. The number of nitrogens with one attached hydrogen (secondary N) is 2. The Labute approximate surface area is 96.3 Å². The van der Waals surface area contributed by atoms with E-state index >= 15 is 0 Å². The van der Waals surface area contributed by atoms with Gasteiger partial charge in [-0.1, -0.05) is 6.92 Å². The quantitative estimate of drug-likeness (QED) is 0.772. The number of rotatable bonds is 3. The SMILES string of the molecule is CC[C@@H](C)NC(=S)Nc1cc(C)ccn1. The van der Waals surface area contributed by atoms with Crippen LogP contribution in [0.4, 0.5) is 5.82 Å². The van der Waals surface area contributed by atoms with Crippen molar-refractivity contribution in [2.45, 2.75) is 33.2 Å². The van der Waals surface area contributed by atoms with Gasteiger partial charge in [-0.25, -0.2) is 4.98 Å². The van der Waals surface area contributed by atoms with Crippen molar-refractivity contribution in [1.82, 2.24) is 10.3 Å². The van der Waals surface area contributed by atoms with Crippen LogP contribution in [0.25, 0.3) is 0 Å². The Bertz CT molecular complexity index is 338. The highest BCUT2D eigenvalue weighted by Crippen LogP contribution is 2.05. The molecule has 0 bridgehead atoms. The number of hydrogen-bond donors (Lipinski definition) is 2. The predicted molar refractivity (Wildman–Crippen MR) is 68.1 cm³/mol. The van der Waals surface area contributed by atoms with E-state index in [9.17, 15) is 0 Å². The summed E-state index contributed by atoms with van der Waals surface area (Å²) in [4.78, 5) is 4.17. The van der Waals surface area contributed by atoms with Crippen LogP contribution >= 0.6 is 12.2 Å². The van der Waals surface area contributed by atoms with Crippen LogP contribution in [0.15, 0.2) is 18.3 Å². The highest BCUT2D eigenvalue weighted by atomic mass is 32.1. The smallest absolute Gasteiger partial charge is 0.172 e. The fourth-order valence-corrected chi connectivity index (χ4v) is 1.39. The first-order valence-corrected chi connectivity index (χ1v) is 5.52. The molecule has 0 aliphatic carbocycles. The Kier molecular flexibility index (Phi) is 4.49. The van der Waals surface area contributed by atoms with Gasteiger partial charge in [-0.15, -0.1) is 0 Å². The van der Waals surface area contributed by atoms with Crippen molar-refractivity contribution in [2.75, 3.05) is 5.32 Å². The lowest BCUT2D eigenvalue weighted by atomic mass is 10.3. The van der Waals surface area contributed by atoms with Crippen LogP contribution in [0.5, 0.6) is 0 Å².